The van der Waals surface area contributed by atoms with Crippen LogP contribution in [-0.4, -0.2) is 38.7 Å². The maximum atomic E-state index is 12.4. The van der Waals surface area contributed by atoms with E-state index in [1.165, 1.54) is 0 Å². The van der Waals surface area contributed by atoms with Crippen LogP contribution in [0.15, 0.2) is 47.5 Å². The zero-order valence-corrected chi connectivity index (χ0v) is 15.2. The lowest BCUT2D eigenvalue weighted by atomic mass is 9.96. The lowest BCUT2D eigenvalue weighted by molar-refractivity contribution is -0.125. The lowest BCUT2D eigenvalue weighted by Gasteiger charge is -2.31. The zero-order chi connectivity index (χ0) is 18.6. The molecule has 1 amide bonds. The number of rotatable bonds is 5. The van der Waals surface area contributed by atoms with Crippen molar-refractivity contribution in [3.05, 3.63) is 48.8 Å². The predicted octanol–water partition coefficient (Wildman–Crippen LogP) is 2.00. The molecule has 0 unspecified atom stereocenters. The number of piperidine rings is 1. The lowest BCUT2D eigenvalue weighted by Crippen LogP contribution is -2.41. The van der Waals surface area contributed by atoms with Gasteiger partial charge in [-0.15, -0.1) is 0 Å². The molecule has 4 heterocycles. The summed E-state index contributed by atoms with van der Waals surface area (Å²) in [4.78, 5) is 23.6. The number of furan rings is 1. The van der Waals surface area contributed by atoms with Gasteiger partial charge in [-0.1, -0.05) is 0 Å². The normalized spacial score (nSPS) is 15.1. The summed E-state index contributed by atoms with van der Waals surface area (Å²) < 4.78 is 7.00. The second-order valence-corrected chi connectivity index (χ2v) is 6.70. The number of carbonyl (C=O) groups excluding carboxylic acids is 1. The molecule has 8 nitrogen and oxygen atoms in total. The first kappa shape index (κ1) is 17.3. The summed E-state index contributed by atoms with van der Waals surface area (Å²) in [6.07, 6.45) is 8.67. The highest BCUT2D eigenvalue weighted by atomic mass is 16.3. The van der Waals surface area contributed by atoms with Gasteiger partial charge >= 0.3 is 0 Å². The monoisotopic (exact) mass is 366 g/mol. The first-order valence-electron chi connectivity index (χ1n) is 9.06. The van der Waals surface area contributed by atoms with Crippen LogP contribution >= 0.6 is 0 Å². The third kappa shape index (κ3) is 3.99. The standard InChI is InChI=1S/C19H22N6O2/c1-24-13-15(11-22-24)17-4-7-20-19(23-17)25-8-5-14(6-9-25)18(26)21-12-16-3-2-10-27-16/h2-4,7,10-11,13-14H,5-6,8-9,12H2,1H3,(H,21,26). The van der Waals surface area contributed by atoms with Crippen LogP contribution in [0.2, 0.25) is 0 Å². The summed E-state index contributed by atoms with van der Waals surface area (Å²) in [5, 5.41) is 7.14. The molecule has 0 aromatic carbocycles. The molecule has 0 radical (unpaired) electrons. The summed E-state index contributed by atoms with van der Waals surface area (Å²) in [7, 11) is 1.88. The van der Waals surface area contributed by atoms with E-state index < -0.39 is 0 Å². The van der Waals surface area contributed by atoms with Crippen LogP contribution in [0.3, 0.4) is 0 Å². The Kier molecular flexibility index (Phi) is 4.86. The first-order chi connectivity index (χ1) is 13.2. The van der Waals surface area contributed by atoms with Crippen LogP contribution < -0.4 is 10.2 Å². The highest BCUT2D eigenvalue weighted by Crippen LogP contribution is 2.23. The fraction of sp³-hybridized carbons (Fsp3) is 0.368. The Labute approximate surface area is 157 Å². The Morgan fingerprint density at radius 3 is 2.89 bits per heavy atom. The number of carbonyl (C=O) groups is 1. The van der Waals surface area contributed by atoms with Crippen LogP contribution in [0.5, 0.6) is 0 Å². The van der Waals surface area contributed by atoms with Crippen molar-refractivity contribution in [2.24, 2.45) is 13.0 Å². The molecule has 4 rings (SSSR count). The molecule has 0 saturated carbocycles. The molecule has 1 N–H and O–H groups in total. The van der Waals surface area contributed by atoms with Crippen molar-refractivity contribution in [2.75, 3.05) is 18.0 Å². The van der Waals surface area contributed by atoms with Gasteiger partial charge in [-0.25, -0.2) is 9.97 Å². The van der Waals surface area contributed by atoms with E-state index in [0.717, 1.165) is 42.9 Å². The average Bonchev–Trinajstić information content (AvgIpc) is 3.38. The van der Waals surface area contributed by atoms with Crippen LogP contribution in [0.25, 0.3) is 11.3 Å². The van der Waals surface area contributed by atoms with Crippen molar-refractivity contribution in [3.63, 3.8) is 0 Å². The zero-order valence-electron chi connectivity index (χ0n) is 15.2. The molecule has 1 saturated heterocycles. The van der Waals surface area contributed by atoms with Gasteiger partial charge in [0.25, 0.3) is 0 Å². The van der Waals surface area contributed by atoms with E-state index in [0.29, 0.717) is 12.5 Å². The molecule has 140 valence electrons. The average molecular weight is 366 g/mol. The Balaban J connectivity index is 1.34. The van der Waals surface area contributed by atoms with Crippen molar-refractivity contribution < 1.29 is 9.21 Å². The van der Waals surface area contributed by atoms with Gasteiger partial charge in [0, 0.05) is 44.0 Å². The minimum Gasteiger partial charge on any atom is -0.467 e. The van der Waals surface area contributed by atoms with Crippen LogP contribution in [0.1, 0.15) is 18.6 Å². The quantitative estimate of drug-likeness (QED) is 0.743. The van der Waals surface area contributed by atoms with Gasteiger partial charge in [0.15, 0.2) is 0 Å². The summed E-state index contributed by atoms with van der Waals surface area (Å²) in [5.74, 6) is 1.56. The number of aromatic nitrogens is 4. The summed E-state index contributed by atoms with van der Waals surface area (Å²) in [6, 6.07) is 5.56. The number of nitrogens with one attached hydrogen (secondary N) is 1. The number of hydrogen-bond donors (Lipinski definition) is 1. The Morgan fingerprint density at radius 1 is 1.33 bits per heavy atom. The first-order valence-corrected chi connectivity index (χ1v) is 9.06. The molecule has 1 aliphatic heterocycles. The van der Waals surface area contributed by atoms with E-state index in [9.17, 15) is 4.79 Å². The van der Waals surface area contributed by atoms with Gasteiger partial charge in [-0.05, 0) is 31.0 Å². The van der Waals surface area contributed by atoms with Gasteiger partial charge in [-0.2, -0.15) is 5.10 Å². The third-order valence-electron chi connectivity index (χ3n) is 4.81. The molecule has 3 aromatic rings. The van der Waals surface area contributed by atoms with Crippen molar-refractivity contribution in [3.8, 4) is 11.3 Å². The Hall–Kier alpha value is -3.16. The van der Waals surface area contributed by atoms with Gasteiger partial charge in [-0.3, -0.25) is 9.48 Å². The molecule has 1 fully saturated rings. The van der Waals surface area contributed by atoms with Crippen molar-refractivity contribution in [2.45, 2.75) is 19.4 Å². The Bertz CT molecular complexity index is 897. The van der Waals surface area contributed by atoms with E-state index in [1.807, 2.05) is 31.4 Å². The summed E-state index contributed by atoms with van der Waals surface area (Å²) >= 11 is 0. The SMILES string of the molecule is Cn1cc(-c2ccnc(N3CCC(C(=O)NCc4ccco4)CC3)n2)cn1. The molecular formula is C19H22N6O2. The number of anilines is 1. The van der Waals surface area contributed by atoms with Crippen molar-refractivity contribution >= 4 is 11.9 Å². The summed E-state index contributed by atoms with van der Waals surface area (Å²) in [6.45, 7) is 1.95. The largest absolute Gasteiger partial charge is 0.467 e. The molecule has 0 bridgehead atoms. The van der Waals surface area contributed by atoms with Gasteiger partial charge in [0.1, 0.15) is 5.76 Å². The molecule has 0 aliphatic carbocycles. The van der Waals surface area contributed by atoms with E-state index in [2.05, 4.69) is 25.3 Å². The summed E-state index contributed by atoms with van der Waals surface area (Å²) in [5.41, 5.74) is 1.82. The fourth-order valence-corrected chi connectivity index (χ4v) is 3.29. The topological polar surface area (TPSA) is 89.1 Å². The number of amides is 1. The third-order valence-corrected chi connectivity index (χ3v) is 4.81. The van der Waals surface area contributed by atoms with Crippen molar-refractivity contribution in [1.82, 2.24) is 25.1 Å². The molecule has 0 spiro atoms. The highest BCUT2D eigenvalue weighted by molar-refractivity contribution is 5.78. The molecule has 3 aromatic heterocycles. The predicted molar refractivity (Wildman–Crippen MR) is 99.7 cm³/mol. The van der Waals surface area contributed by atoms with E-state index in [-0.39, 0.29) is 11.8 Å². The van der Waals surface area contributed by atoms with Crippen LogP contribution in [-0.2, 0) is 18.4 Å². The molecule has 1 aliphatic rings. The molecule has 0 atom stereocenters. The molecule has 27 heavy (non-hydrogen) atoms. The second-order valence-electron chi connectivity index (χ2n) is 6.70. The van der Waals surface area contributed by atoms with Gasteiger partial charge < -0.3 is 14.6 Å². The fourth-order valence-electron chi connectivity index (χ4n) is 3.29. The van der Waals surface area contributed by atoms with E-state index >= 15 is 0 Å². The molecular weight excluding hydrogens is 344 g/mol. The minimum atomic E-state index is 0.0118. The van der Waals surface area contributed by atoms with Crippen LogP contribution in [0, 0.1) is 5.92 Å². The minimum absolute atomic E-state index is 0.0118. The van der Waals surface area contributed by atoms with Crippen LogP contribution in [0.4, 0.5) is 5.95 Å². The smallest absolute Gasteiger partial charge is 0.225 e. The van der Waals surface area contributed by atoms with E-state index in [1.54, 1.807) is 23.3 Å². The number of aryl methyl sites for hydroxylation is 1. The maximum Gasteiger partial charge on any atom is 0.225 e. The number of hydrogen-bond acceptors (Lipinski definition) is 6. The van der Waals surface area contributed by atoms with Gasteiger partial charge in [0.05, 0.1) is 24.7 Å². The number of nitrogens with zero attached hydrogens (tertiary/aromatic N) is 5. The van der Waals surface area contributed by atoms with Crippen molar-refractivity contribution in [1.29, 1.82) is 0 Å². The highest BCUT2D eigenvalue weighted by Gasteiger charge is 2.26. The van der Waals surface area contributed by atoms with E-state index in [4.69, 9.17) is 4.42 Å². The van der Waals surface area contributed by atoms with Gasteiger partial charge in [0.2, 0.25) is 11.9 Å². The second kappa shape index (κ2) is 7.61. The Morgan fingerprint density at radius 2 is 2.19 bits per heavy atom. The maximum absolute atomic E-state index is 12.4. The molecule has 8 heteroatoms.